The van der Waals surface area contributed by atoms with E-state index in [2.05, 4.69) is 5.32 Å². The molecule has 0 aliphatic heterocycles. The van der Waals surface area contributed by atoms with Gasteiger partial charge in [-0.1, -0.05) is 30.3 Å². The fourth-order valence-electron chi connectivity index (χ4n) is 2.70. The maximum Gasteiger partial charge on any atom is 0.130 e. The van der Waals surface area contributed by atoms with Crippen molar-refractivity contribution in [1.82, 2.24) is 5.32 Å². The van der Waals surface area contributed by atoms with E-state index in [0.717, 1.165) is 17.2 Å². The third-order valence-corrected chi connectivity index (χ3v) is 3.73. The van der Waals surface area contributed by atoms with Crippen LogP contribution >= 0.6 is 0 Å². The molecule has 0 saturated carbocycles. The first-order chi connectivity index (χ1) is 9.65. The van der Waals surface area contributed by atoms with E-state index in [-0.39, 0.29) is 12.6 Å². The second-order valence-corrected chi connectivity index (χ2v) is 5.06. The van der Waals surface area contributed by atoms with Gasteiger partial charge < -0.3 is 10.4 Å². The average Bonchev–Trinajstić information content (AvgIpc) is 2.74. The van der Waals surface area contributed by atoms with Crippen LogP contribution in [0.1, 0.15) is 22.7 Å². The summed E-state index contributed by atoms with van der Waals surface area (Å²) in [5.74, 6) is -1.16. The van der Waals surface area contributed by atoms with Crippen LogP contribution in [0.15, 0.2) is 42.5 Å². The topological polar surface area (TPSA) is 32.3 Å². The zero-order valence-corrected chi connectivity index (χ0v) is 10.8. The molecule has 0 saturated heterocycles. The number of aliphatic hydroxyl groups excluding tert-OH is 1. The Labute approximate surface area is 116 Å². The summed E-state index contributed by atoms with van der Waals surface area (Å²) in [4.78, 5) is 0. The second kappa shape index (κ2) is 5.31. The van der Waals surface area contributed by atoms with Gasteiger partial charge in [0.15, 0.2) is 0 Å². The van der Waals surface area contributed by atoms with E-state index in [1.54, 1.807) is 0 Å². The number of rotatable bonds is 3. The van der Waals surface area contributed by atoms with Crippen LogP contribution in [0.4, 0.5) is 8.78 Å². The lowest BCUT2D eigenvalue weighted by Gasteiger charge is -2.18. The molecule has 1 aliphatic carbocycles. The normalized spacial score (nSPS) is 20.9. The number of benzene rings is 2. The van der Waals surface area contributed by atoms with Crippen molar-refractivity contribution in [3.63, 3.8) is 0 Å². The van der Waals surface area contributed by atoms with Gasteiger partial charge >= 0.3 is 0 Å². The van der Waals surface area contributed by atoms with E-state index >= 15 is 0 Å². The van der Waals surface area contributed by atoms with E-state index < -0.39 is 17.7 Å². The van der Waals surface area contributed by atoms with Gasteiger partial charge in [0.2, 0.25) is 0 Å². The molecule has 0 aromatic heterocycles. The molecule has 20 heavy (non-hydrogen) atoms. The van der Waals surface area contributed by atoms with Crippen molar-refractivity contribution in [2.24, 2.45) is 0 Å². The molecule has 2 N–H and O–H groups in total. The molecule has 0 radical (unpaired) electrons. The second-order valence-electron chi connectivity index (χ2n) is 5.06. The van der Waals surface area contributed by atoms with Gasteiger partial charge in [-0.3, -0.25) is 0 Å². The summed E-state index contributed by atoms with van der Waals surface area (Å²) < 4.78 is 26.4. The molecule has 104 valence electrons. The molecule has 0 bridgehead atoms. The fourth-order valence-corrected chi connectivity index (χ4v) is 2.70. The van der Waals surface area contributed by atoms with Crippen LogP contribution in [0.2, 0.25) is 0 Å². The predicted molar refractivity (Wildman–Crippen MR) is 72.1 cm³/mol. The molecule has 0 unspecified atom stereocenters. The summed E-state index contributed by atoms with van der Waals surface area (Å²) in [5.41, 5.74) is 2.54. The van der Waals surface area contributed by atoms with Crippen molar-refractivity contribution in [2.75, 3.05) is 0 Å². The first kappa shape index (κ1) is 13.2. The fraction of sp³-hybridized carbons (Fsp3) is 0.250. The summed E-state index contributed by atoms with van der Waals surface area (Å²) in [6.07, 6.45) is 0.0793. The van der Waals surface area contributed by atoms with Crippen LogP contribution in [0, 0.1) is 11.6 Å². The van der Waals surface area contributed by atoms with Crippen LogP contribution in [0.3, 0.4) is 0 Å². The summed E-state index contributed by atoms with van der Waals surface area (Å²) in [6.45, 7) is 0.252. The number of fused-ring (bicyclic) bond motifs is 1. The average molecular weight is 275 g/mol. The van der Waals surface area contributed by atoms with Crippen molar-refractivity contribution in [2.45, 2.75) is 25.1 Å². The number of hydrogen-bond acceptors (Lipinski definition) is 2. The van der Waals surface area contributed by atoms with E-state index in [9.17, 15) is 13.9 Å². The van der Waals surface area contributed by atoms with Gasteiger partial charge in [-0.15, -0.1) is 0 Å². The molecular formula is C16H15F2NO. The Balaban J connectivity index is 1.75. The van der Waals surface area contributed by atoms with Crippen LogP contribution in [-0.2, 0) is 13.0 Å². The minimum Gasteiger partial charge on any atom is -0.391 e. The highest BCUT2D eigenvalue weighted by molar-refractivity contribution is 5.36. The van der Waals surface area contributed by atoms with E-state index in [4.69, 9.17) is 0 Å². The van der Waals surface area contributed by atoms with Crippen LogP contribution in [0.5, 0.6) is 0 Å². The lowest BCUT2D eigenvalue weighted by atomic mass is 10.1. The van der Waals surface area contributed by atoms with E-state index in [1.165, 1.54) is 12.1 Å². The molecule has 0 amide bonds. The van der Waals surface area contributed by atoms with Gasteiger partial charge in [-0.05, 0) is 17.2 Å². The number of halogens is 2. The van der Waals surface area contributed by atoms with Crippen molar-refractivity contribution < 1.29 is 13.9 Å². The Morgan fingerprint density at radius 2 is 1.95 bits per heavy atom. The first-order valence-electron chi connectivity index (χ1n) is 6.58. The Hall–Kier alpha value is -1.78. The van der Waals surface area contributed by atoms with E-state index in [1.807, 2.05) is 24.3 Å². The summed E-state index contributed by atoms with van der Waals surface area (Å²) in [7, 11) is 0. The minimum absolute atomic E-state index is 0.212. The molecule has 0 spiro atoms. The summed E-state index contributed by atoms with van der Waals surface area (Å²) in [6, 6.07) is 11.1. The van der Waals surface area contributed by atoms with Crippen molar-refractivity contribution in [3.8, 4) is 0 Å². The minimum atomic E-state index is -0.586. The predicted octanol–water partition coefficient (Wildman–Crippen LogP) is 2.71. The monoisotopic (exact) mass is 275 g/mol. The molecule has 2 atom stereocenters. The highest BCUT2D eigenvalue weighted by atomic mass is 19.1. The largest absolute Gasteiger partial charge is 0.391 e. The lowest BCUT2D eigenvalue weighted by Crippen LogP contribution is -2.28. The third-order valence-electron chi connectivity index (χ3n) is 3.73. The Bertz CT molecular complexity index is 630. The van der Waals surface area contributed by atoms with Crippen LogP contribution < -0.4 is 5.32 Å². The van der Waals surface area contributed by atoms with Crippen LogP contribution in [-0.4, -0.2) is 11.2 Å². The van der Waals surface area contributed by atoms with Gasteiger partial charge in [0.1, 0.15) is 11.6 Å². The molecule has 2 aromatic rings. The number of hydrogen-bond donors (Lipinski definition) is 2. The van der Waals surface area contributed by atoms with Gasteiger partial charge in [0.25, 0.3) is 0 Å². The van der Waals surface area contributed by atoms with Crippen LogP contribution in [0.25, 0.3) is 0 Å². The van der Waals surface area contributed by atoms with Gasteiger partial charge in [0, 0.05) is 24.6 Å². The SMILES string of the molecule is O[C@H]1Cc2ccccc2[C@H]1NCc1ccc(F)cc1F. The molecule has 4 heteroatoms. The molecular weight excluding hydrogens is 260 g/mol. The van der Waals surface area contributed by atoms with Gasteiger partial charge in [-0.2, -0.15) is 0 Å². The number of aliphatic hydroxyl groups is 1. The standard InChI is InChI=1S/C16H15F2NO/c17-12-6-5-11(14(18)8-12)9-19-16-13-4-2-1-3-10(13)7-15(16)20/h1-6,8,15-16,19-20H,7,9H2/t15-,16+/m0/s1. The Morgan fingerprint density at radius 3 is 2.75 bits per heavy atom. The summed E-state index contributed by atoms with van der Waals surface area (Å²) in [5, 5.41) is 13.2. The molecule has 0 fully saturated rings. The van der Waals surface area contributed by atoms with Crippen molar-refractivity contribution >= 4 is 0 Å². The van der Waals surface area contributed by atoms with Crippen molar-refractivity contribution in [1.29, 1.82) is 0 Å². The molecule has 2 aromatic carbocycles. The van der Waals surface area contributed by atoms with Gasteiger partial charge in [-0.25, -0.2) is 8.78 Å². The molecule has 1 aliphatic rings. The third kappa shape index (κ3) is 2.44. The molecule has 0 heterocycles. The maximum absolute atomic E-state index is 13.6. The first-order valence-corrected chi connectivity index (χ1v) is 6.58. The Kier molecular flexibility index (Phi) is 3.51. The highest BCUT2D eigenvalue weighted by Gasteiger charge is 2.30. The number of nitrogens with one attached hydrogen (secondary N) is 1. The molecule has 3 rings (SSSR count). The Morgan fingerprint density at radius 1 is 1.15 bits per heavy atom. The smallest absolute Gasteiger partial charge is 0.130 e. The summed E-state index contributed by atoms with van der Waals surface area (Å²) >= 11 is 0. The van der Waals surface area contributed by atoms with Gasteiger partial charge in [0.05, 0.1) is 12.1 Å². The zero-order chi connectivity index (χ0) is 14.1. The maximum atomic E-state index is 13.6. The highest BCUT2D eigenvalue weighted by Crippen LogP contribution is 2.31. The van der Waals surface area contributed by atoms with E-state index in [0.29, 0.717) is 12.0 Å². The zero-order valence-electron chi connectivity index (χ0n) is 10.8. The van der Waals surface area contributed by atoms with Crippen molar-refractivity contribution in [3.05, 3.63) is 70.8 Å². The molecule has 2 nitrogen and oxygen atoms in total. The quantitative estimate of drug-likeness (QED) is 0.902. The lowest BCUT2D eigenvalue weighted by molar-refractivity contribution is 0.140.